The fourth-order valence-corrected chi connectivity index (χ4v) is 2.89. The van der Waals surface area contributed by atoms with Crippen LogP contribution in [0.5, 0.6) is 0 Å². The normalized spacial score (nSPS) is 11.8. The van der Waals surface area contributed by atoms with E-state index in [9.17, 15) is 13.2 Å². The lowest BCUT2D eigenvalue weighted by Crippen LogP contribution is -2.30. The van der Waals surface area contributed by atoms with Crippen molar-refractivity contribution in [1.82, 2.24) is 14.5 Å². The van der Waals surface area contributed by atoms with E-state index in [0.717, 1.165) is 16.5 Å². The van der Waals surface area contributed by atoms with Gasteiger partial charge in [-0.05, 0) is 17.7 Å². The molecule has 7 nitrogen and oxygen atoms in total. The number of nitrogens with two attached hydrogens (primary N) is 1. The summed E-state index contributed by atoms with van der Waals surface area (Å²) < 4.78 is 25.6. The maximum absolute atomic E-state index is 12.2. The number of nitrogens with one attached hydrogen (secondary N) is 1. The first-order valence-corrected chi connectivity index (χ1v) is 8.72. The molecule has 2 aromatic carbocycles. The van der Waals surface area contributed by atoms with Crippen molar-refractivity contribution in [3.05, 3.63) is 64.4 Å². The van der Waals surface area contributed by atoms with Crippen molar-refractivity contribution in [1.29, 1.82) is 0 Å². The van der Waals surface area contributed by atoms with Crippen LogP contribution >= 0.6 is 0 Å². The van der Waals surface area contributed by atoms with Gasteiger partial charge in [-0.25, -0.2) is 9.82 Å². The Morgan fingerprint density at radius 2 is 1.83 bits per heavy atom. The van der Waals surface area contributed by atoms with Crippen LogP contribution in [0, 0.1) is 0 Å². The third-order valence-corrected chi connectivity index (χ3v) is 4.18. The number of fused-ring (bicyclic) bond motifs is 1. The highest BCUT2D eigenvalue weighted by molar-refractivity contribution is 7.87. The average Bonchev–Trinajstić information content (AvgIpc) is 2.56. The average molecular weight is 344 g/mol. The molecule has 1 aromatic heterocycles. The van der Waals surface area contributed by atoms with E-state index in [4.69, 9.17) is 5.14 Å². The summed E-state index contributed by atoms with van der Waals surface area (Å²) in [5.74, 6) is 0. The zero-order chi connectivity index (χ0) is 17.3. The molecule has 3 aromatic rings. The largest absolute Gasteiger partial charge is 0.274 e. The van der Waals surface area contributed by atoms with E-state index in [0.29, 0.717) is 11.1 Å². The van der Waals surface area contributed by atoms with Crippen LogP contribution in [-0.2, 0) is 23.8 Å². The molecular formula is C16H16N4O3S. The van der Waals surface area contributed by atoms with Gasteiger partial charge < -0.3 is 0 Å². The molecule has 1 heterocycles. The van der Waals surface area contributed by atoms with Crippen molar-refractivity contribution in [3.8, 4) is 11.3 Å². The van der Waals surface area contributed by atoms with E-state index in [1.807, 2.05) is 24.3 Å². The Balaban J connectivity index is 2.11. The second-order valence-corrected chi connectivity index (χ2v) is 6.77. The Morgan fingerprint density at radius 3 is 2.54 bits per heavy atom. The molecule has 0 unspecified atom stereocenters. The van der Waals surface area contributed by atoms with Gasteiger partial charge in [0.05, 0.1) is 11.1 Å². The van der Waals surface area contributed by atoms with Crippen molar-refractivity contribution in [2.24, 2.45) is 12.2 Å². The molecule has 0 atom stereocenters. The number of hydrogen-bond donors (Lipinski definition) is 2. The Hall–Kier alpha value is -2.55. The van der Waals surface area contributed by atoms with Crippen molar-refractivity contribution in [2.45, 2.75) is 6.54 Å². The summed E-state index contributed by atoms with van der Waals surface area (Å²) in [6, 6.07) is 14.5. The molecule has 0 saturated heterocycles. The van der Waals surface area contributed by atoms with Crippen molar-refractivity contribution in [2.75, 3.05) is 0 Å². The first-order valence-electron chi connectivity index (χ1n) is 7.18. The maximum atomic E-state index is 12.2. The molecule has 0 fully saturated rings. The zero-order valence-corrected chi connectivity index (χ0v) is 13.7. The fourth-order valence-electron chi connectivity index (χ4n) is 2.53. The molecule has 24 heavy (non-hydrogen) atoms. The summed E-state index contributed by atoms with van der Waals surface area (Å²) in [5.41, 5.74) is 2.02. The molecule has 0 aliphatic carbocycles. The lowest BCUT2D eigenvalue weighted by molar-refractivity contribution is 0.583. The molecule has 3 N–H and O–H groups in total. The maximum Gasteiger partial charge on any atom is 0.274 e. The minimum Gasteiger partial charge on any atom is -0.267 e. The molecule has 124 valence electrons. The number of aryl methyl sites for hydroxylation is 1. The summed E-state index contributed by atoms with van der Waals surface area (Å²) >= 11 is 0. The van der Waals surface area contributed by atoms with E-state index < -0.39 is 10.2 Å². The molecule has 0 bridgehead atoms. The Labute approximate surface area is 138 Å². The van der Waals surface area contributed by atoms with Crippen molar-refractivity contribution >= 4 is 21.0 Å². The molecule has 0 amide bonds. The third kappa shape index (κ3) is 3.35. The lowest BCUT2D eigenvalue weighted by atomic mass is 10.0. The monoisotopic (exact) mass is 344 g/mol. The fraction of sp³-hybridized carbons (Fsp3) is 0.125. The number of aromatic nitrogens is 2. The van der Waals surface area contributed by atoms with Crippen LogP contribution < -0.4 is 15.4 Å². The molecule has 0 radical (unpaired) electrons. The first-order chi connectivity index (χ1) is 11.3. The molecule has 8 heteroatoms. The highest BCUT2D eigenvalue weighted by atomic mass is 32.2. The van der Waals surface area contributed by atoms with Gasteiger partial charge in [-0.3, -0.25) is 4.79 Å². The van der Waals surface area contributed by atoms with Crippen LogP contribution in [0.3, 0.4) is 0 Å². The summed E-state index contributed by atoms with van der Waals surface area (Å²) in [5, 5.41) is 10.6. The van der Waals surface area contributed by atoms with Crippen LogP contribution in [0.25, 0.3) is 22.0 Å². The number of rotatable bonds is 4. The van der Waals surface area contributed by atoms with E-state index >= 15 is 0 Å². The minimum atomic E-state index is -3.76. The summed E-state index contributed by atoms with van der Waals surface area (Å²) in [7, 11) is -2.16. The van der Waals surface area contributed by atoms with Crippen molar-refractivity contribution in [3.63, 3.8) is 0 Å². The van der Waals surface area contributed by atoms with Crippen LogP contribution in [0.4, 0.5) is 0 Å². The van der Waals surface area contributed by atoms with Crippen LogP contribution in [0.1, 0.15) is 5.56 Å². The Kier molecular flexibility index (Phi) is 4.18. The summed E-state index contributed by atoms with van der Waals surface area (Å²) in [6.45, 7) is 0.0797. The summed E-state index contributed by atoms with van der Waals surface area (Å²) in [6.07, 6.45) is 0. The molecular weight excluding hydrogens is 328 g/mol. The standard InChI is InChI=1S/C16H16N4O3S/c1-20-16(21)14-8-3-2-7-13(14)15(19-20)12-6-4-5-11(9-12)10-18-24(17,22)23/h2-9,18H,10H2,1H3,(H2,17,22,23). The molecule has 3 rings (SSSR count). The quantitative estimate of drug-likeness (QED) is 0.733. The van der Waals surface area contributed by atoms with Gasteiger partial charge in [-0.2, -0.15) is 18.2 Å². The number of nitrogens with zero attached hydrogens (tertiary/aromatic N) is 2. The van der Waals surface area contributed by atoms with Gasteiger partial charge in [-0.1, -0.05) is 36.4 Å². The Bertz CT molecular complexity index is 1070. The highest BCUT2D eigenvalue weighted by Gasteiger charge is 2.11. The van der Waals surface area contributed by atoms with Crippen molar-refractivity contribution < 1.29 is 8.42 Å². The lowest BCUT2D eigenvalue weighted by Gasteiger charge is -2.10. The molecule has 0 spiro atoms. The second-order valence-electron chi connectivity index (χ2n) is 5.39. The second kappa shape index (κ2) is 6.16. The van der Waals surface area contributed by atoms with E-state index in [-0.39, 0.29) is 12.1 Å². The molecule has 0 aliphatic rings. The minimum absolute atomic E-state index is 0.0797. The van der Waals surface area contributed by atoms with Crippen LogP contribution in [0.2, 0.25) is 0 Å². The SMILES string of the molecule is Cn1nc(-c2cccc(CNS(N)(=O)=O)c2)c2ccccc2c1=O. The zero-order valence-electron chi connectivity index (χ0n) is 12.9. The van der Waals surface area contributed by atoms with Gasteiger partial charge in [0.1, 0.15) is 0 Å². The predicted molar refractivity (Wildman–Crippen MR) is 92.4 cm³/mol. The summed E-state index contributed by atoms with van der Waals surface area (Å²) in [4.78, 5) is 12.2. The third-order valence-electron chi connectivity index (χ3n) is 3.63. The van der Waals surface area contributed by atoms with Crippen LogP contribution in [0.15, 0.2) is 53.3 Å². The van der Waals surface area contributed by atoms with Gasteiger partial charge in [0, 0.05) is 24.5 Å². The molecule has 0 aliphatic heterocycles. The topological polar surface area (TPSA) is 107 Å². The van der Waals surface area contributed by atoms with Gasteiger partial charge in [0.2, 0.25) is 0 Å². The van der Waals surface area contributed by atoms with Gasteiger partial charge >= 0.3 is 0 Å². The first kappa shape index (κ1) is 16.3. The Morgan fingerprint density at radius 1 is 1.12 bits per heavy atom. The van der Waals surface area contributed by atoms with Gasteiger partial charge in [0.25, 0.3) is 15.8 Å². The number of hydrogen-bond acceptors (Lipinski definition) is 4. The highest BCUT2D eigenvalue weighted by Crippen LogP contribution is 2.25. The van der Waals surface area contributed by atoms with Gasteiger partial charge in [-0.15, -0.1) is 0 Å². The molecule has 0 saturated carbocycles. The van der Waals surface area contributed by atoms with E-state index in [1.165, 1.54) is 4.68 Å². The predicted octanol–water partition coefficient (Wildman–Crippen LogP) is 0.894. The van der Waals surface area contributed by atoms with Crippen LogP contribution in [-0.4, -0.2) is 18.2 Å². The smallest absolute Gasteiger partial charge is 0.267 e. The van der Waals surface area contributed by atoms with Gasteiger partial charge in [0.15, 0.2) is 0 Å². The van der Waals surface area contributed by atoms with E-state index in [1.54, 1.807) is 31.3 Å². The number of benzene rings is 2. The van der Waals surface area contributed by atoms with E-state index in [2.05, 4.69) is 9.82 Å².